The van der Waals surface area contributed by atoms with Crippen LogP contribution < -0.4 is 10.1 Å². The van der Waals surface area contributed by atoms with Crippen LogP contribution in [0.25, 0.3) is 10.9 Å². The minimum Gasteiger partial charge on any atom is -0.437 e. The fourth-order valence-electron chi connectivity index (χ4n) is 2.22. The quantitative estimate of drug-likeness (QED) is 0.566. The summed E-state index contributed by atoms with van der Waals surface area (Å²) in [6, 6.07) is 12.8. The molecule has 24 heavy (non-hydrogen) atoms. The van der Waals surface area contributed by atoms with E-state index in [1.165, 1.54) is 12.3 Å². The second-order valence-corrected chi connectivity index (χ2v) is 5.36. The van der Waals surface area contributed by atoms with E-state index < -0.39 is 0 Å². The monoisotopic (exact) mass is 339 g/mol. The number of halogens is 1. The predicted molar refractivity (Wildman–Crippen MR) is 93.1 cm³/mol. The van der Waals surface area contributed by atoms with Crippen molar-refractivity contribution < 1.29 is 9.53 Å². The van der Waals surface area contributed by atoms with Gasteiger partial charge in [0.2, 0.25) is 11.8 Å². The molecule has 1 amide bonds. The molecule has 0 bridgehead atoms. The van der Waals surface area contributed by atoms with Gasteiger partial charge in [-0.1, -0.05) is 36.4 Å². The number of amides is 1. The fourth-order valence-corrected chi connectivity index (χ4v) is 2.33. The van der Waals surface area contributed by atoms with Gasteiger partial charge in [0, 0.05) is 18.0 Å². The van der Waals surface area contributed by atoms with Crippen molar-refractivity contribution in [1.29, 1.82) is 0 Å². The minimum atomic E-state index is -0.236. The summed E-state index contributed by atoms with van der Waals surface area (Å²) >= 11 is 5.77. The van der Waals surface area contributed by atoms with Crippen molar-refractivity contribution in [3.8, 4) is 11.6 Å². The largest absolute Gasteiger partial charge is 0.437 e. The highest BCUT2D eigenvalue weighted by molar-refractivity contribution is 6.29. The smallest absolute Gasteiger partial charge is 0.243 e. The van der Waals surface area contributed by atoms with Crippen molar-refractivity contribution in [2.24, 2.45) is 0 Å². The van der Waals surface area contributed by atoms with Crippen LogP contribution in [0.5, 0.6) is 11.6 Å². The second-order valence-electron chi connectivity index (χ2n) is 4.98. The van der Waals surface area contributed by atoms with Crippen LogP contribution in [0.3, 0.4) is 0 Å². The molecule has 3 rings (SSSR count). The minimum absolute atomic E-state index is 0.236. The Morgan fingerprint density at radius 2 is 2.12 bits per heavy atom. The first-order valence-electron chi connectivity index (χ1n) is 7.24. The zero-order valence-corrected chi connectivity index (χ0v) is 13.5. The van der Waals surface area contributed by atoms with Gasteiger partial charge in [-0.25, -0.2) is 9.97 Å². The maximum absolute atomic E-state index is 11.4. The third kappa shape index (κ3) is 3.70. The van der Waals surface area contributed by atoms with Gasteiger partial charge in [-0.05, 0) is 29.8 Å². The third-order valence-electron chi connectivity index (χ3n) is 3.34. The number of carbonyl (C=O) groups excluding carboxylic acids is 1. The molecule has 5 nitrogen and oxygen atoms in total. The van der Waals surface area contributed by atoms with Crippen molar-refractivity contribution >= 4 is 28.4 Å². The zero-order chi connectivity index (χ0) is 16.9. The van der Waals surface area contributed by atoms with Crippen LogP contribution >= 0.6 is 11.6 Å². The molecule has 2 aromatic heterocycles. The standard InChI is InChI=1S/C18H14ClN3O2/c1-2-17(23)21-10-12-9-18(22-15-6-4-3-5-14(12)15)24-13-7-8-16(19)20-11-13/h2-9,11H,1,10H2,(H,21,23). The first-order chi connectivity index (χ1) is 11.7. The van der Waals surface area contributed by atoms with Crippen LogP contribution in [-0.2, 0) is 11.3 Å². The van der Waals surface area contributed by atoms with E-state index in [0.717, 1.165) is 16.5 Å². The Morgan fingerprint density at radius 3 is 2.88 bits per heavy atom. The Kier molecular flexibility index (Phi) is 4.72. The summed E-state index contributed by atoms with van der Waals surface area (Å²) in [6.07, 6.45) is 2.76. The topological polar surface area (TPSA) is 64.1 Å². The normalized spacial score (nSPS) is 10.4. The number of aromatic nitrogens is 2. The number of carbonyl (C=O) groups is 1. The van der Waals surface area contributed by atoms with Gasteiger partial charge in [-0.3, -0.25) is 4.79 Å². The van der Waals surface area contributed by atoms with Gasteiger partial charge in [0.1, 0.15) is 10.9 Å². The van der Waals surface area contributed by atoms with E-state index >= 15 is 0 Å². The summed E-state index contributed by atoms with van der Waals surface area (Å²) in [5.74, 6) is 0.712. The highest BCUT2D eigenvalue weighted by Gasteiger charge is 2.08. The molecule has 0 radical (unpaired) electrons. The Bertz CT molecular complexity index is 894. The lowest BCUT2D eigenvalue weighted by Crippen LogP contribution is -2.20. The van der Waals surface area contributed by atoms with E-state index in [4.69, 9.17) is 16.3 Å². The molecule has 0 atom stereocenters. The van der Waals surface area contributed by atoms with E-state index in [1.54, 1.807) is 18.2 Å². The van der Waals surface area contributed by atoms with Gasteiger partial charge < -0.3 is 10.1 Å². The van der Waals surface area contributed by atoms with Crippen LogP contribution in [0.2, 0.25) is 5.15 Å². The lowest BCUT2D eigenvalue weighted by molar-refractivity contribution is -0.116. The molecule has 0 saturated carbocycles. The maximum Gasteiger partial charge on any atom is 0.243 e. The van der Waals surface area contributed by atoms with Crippen molar-refractivity contribution in [2.45, 2.75) is 6.54 Å². The lowest BCUT2D eigenvalue weighted by Gasteiger charge is -2.11. The maximum atomic E-state index is 11.4. The van der Waals surface area contributed by atoms with Crippen LogP contribution in [-0.4, -0.2) is 15.9 Å². The summed E-state index contributed by atoms with van der Waals surface area (Å²) in [7, 11) is 0. The number of nitrogens with zero attached hydrogens (tertiary/aromatic N) is 2. The predicted octanol–water partition coefficient (Wildman–Crippen LogP) is 3.88. The van der Waals surface area contributed by atoms with Crippen molar-refractivity contribution in [2.75, 3.05) is 0 Å². The average molecular weight is 340 g/mol. The lowest BCUT2D eigenvalue weighted by atomic mass is 10.1. The van der Waals surface area contributed by atoms with Crippen LogP contribution in [0.4, 0.5) is 0 Å². The second kappa shape index (κ2) is 7.10. The van der Waals surface area contributed by atoms with Crippen molar-refractivity contribution in [3.63, 3.8) is 0 Å². The summed E-state index contributed by atoms with van der Waals surface area (Å²) in [4.78, 5) is 19.9. The number of fused-ring (bicyclic) bond motifs is 1. The van der Waals surface area contributed by atoms with Crippen LogP contribution in [0.15, 0.2) is 61.3 Å². The molecular formula is C18H14ClN3O2. The molecule has 0 fully saturated rings. The number of ether oxygens (including phenoxy) is 1. The van der Waals surface area contributed by atoms with E-state index in [-0.39, 0.29) is 5.91 Å². The van der Waals surface area contributed by atoms with E-state index in [2.05, 4.69) is 21.9 Å². The third-order valence-corrected chi connectivity index (χ3v) is 3.56. The highest BCUT2D eigenvalue weighted by Crippen LogP contribution is 2.26. The summed E-state index contributed by atoms with van der Waals surface area (Å²) in [6.45, 7) is 3.80. The van der Waals surface area contributed by atoms with Crippen molar-refractivity contribution in [1.82, 2.24) is 15.3 Å². The SMILES string of the molecule is C=CC(=O)NCc1cc(Oc2ccc(Cl)nc2)nc2ccccc12. The molecule has 0 spiro atoms. The average Bonchev–Trinajstić information content (AvgIpc) is 2.61. The first-order valence-corrected chi connectivity index (χ1v) is 7.62. The van der Waals surface area contributed by atoms with Crippen molar-refractivity contribution in [3.05, 3.63) is 72.0 Å². The van der Waals surface area contributed by atoms with Gasteiger partial charge in [0.15, 0.2) is 0 Å². The van der Waals surface area contributed by atoms with Gasteiger partial charge in [0.25, 0.3) is 0 Å². The summed E-state index contributed by atoms with van der Waals surface area (Å²) in [5, 5.41) is 4.11. The Hall–Kier alpha value is -2.92. The highest BCUT2D eigenvalue weighted by atomic mass is 35.5. The zero-order valence-electron chi connectivity index (χ0n) is 12.7. The number of para-hydroxylation sites is 1. The van der Waals surface area contributed by atoms with E-state index in [0.29, 0.717) is 23.3 Å². The van der Waals surface area contributed by atoms with Crippen LogP contribution in [0.1, 0.15) is 5.56 Å². The molecule has 0 unspecified atom stereocenters. The van der Waals surface area contributed by atoms with Gasteiger partial charge in [-0.15, -0.1) is 0 Å². The molecule has 0 aliphatic carbocycles. The molecule has 6 heteroatoms. The first kappa shape index (κ1) is 16.0. The number of pyridine rings is 2. The molecule has 0 aliphatic rings. The van der Waals surface area contributed by atoms with Gasteiger partial charge in [-0.2, -0.15) is 0 Å². The Labute approximate surface area is 144 Å². The van der Waals surface area contributed by atoms with Gasteiger partial charge in [0.05, 0.1) is 11.7 Å². The molecule has 0 saturated heterocycles. The Morgan fingerprint density at radius 1 is 1.29 bits per heavy atom. The molecule has 1 N–H and O–H groups in total. The molecular weight excluding hydrogens is 326 g/mol. The van der Waals surface area contributed by atoms with Gasteiger partial charge >= 0.3 is 0 Å². The molecule has 1 aromatic carbocycles. The molecule has 0 aliphatic heterocycles. The van der Waals surface area contributed by atoms with E-state index in [9.17, 15) is 4.79 Å². The molecule has 3 aromatic rings. The Balaban J connectivity index is 1.94. The number of nitrogens with one attached hydrogen (secondary N) is 1. The van der Waals surface area contributed by atoms with Crippen LogP contribution in [0, 0.1) is 0 Å². The summed E-state index contributed by atoms with van der Waals surface area (Å²) in [5.41, 5.74) is 1.67. The molecule has 2 heterocycles. The number of hydrogen-bond donors (Lipinski definition) is 1. The summed E-state index contributed by atoms with van der Waals surface area (Å²) < 4.78 is 5.75. The number of rotatable bonds is 5. The number of hydrogen-bond acceptors (Lipinski definition) is 4. The molecule has 120 valence electrons. The number of benzene rings is 1. The van der Waals surface area contributed by atoms with E-state index in [1.807, 2.05) is 24.3 Å². The fraction of sp³-hybridized carbons (Fsp3) is 0.0556.